The number of nitrogens with zero attached hydrogens (tertiary/aromatic N) is 1. The monoisotopic (exact) mass is 316 g/mol. The molecule has 17 heavy (non-hydrogen) atoms. The summed E-state index contributed by atoms with van der Waals surface area (Å²) in [5.41, 5.74) is 0.785. The molecule has 1 N–H and O–H groups in total. The van der Waals surface area contributed by atoms with Crippen LogP contribution in [0.2, 0.25) is 0 Å². The van der Waals surface area contributed by atoms with Crippen molar-refractivity contribution in [1.29, 1.82) is 0 Å². The Morgan fingerprint density at radius 2 is 2.53 bits per heavy atom. The minimum Gasteiger partial charge on any atom is -0.341 e. The van der Waals surface area contributed by atoms with E-state index in [9.17, 15) is 4.79 Å². The number of rotatable bonds is 3. The molecule has 1 atom stereocenters. The molecule has 1 saturated heterocycles. The van der Waals surface area contributed by atoms with Crippen molar-refractivity contribution in [2.45, 2.75) is 12.8 Å². The standard InChI is InChI=1S/C12H17BrN2OS/c1-15(7-9-3-2-4-14-6-9)12(16)10-5-11(13)17-8-10/h5,8-9,14H,2-4,6-7H2,1H3. The largest absolute Gasteiger partial charge is 0.341 e. The second-order valence-corrected chi connectivity index (χ2v) is 6.83. The van der Waals surface area contributed by atoms with Crippen LogP contribution >= 0.6 is 27.3 Å². The number of amides is 1. The van der Waals surface area contributed by atoms with Gasteiger partial charge < -0.3 is 10.2 Å². The Kier molecular flexibility index (Phi) is 4.59. The smallest absolute Gasteiger partial charge is 0.254 e. The lowest BCUT2D eigenvalue weighted by molar-refractivity contribution is 0.0765. The molecule has 1 aromatic heterocycles. The van der Waals surface area contributed by atoms with Crippen LogP contribution < -0.4 is 5.32 Å². The summed E-state index contributed by atoms with van der Waals surface area (Å²) in [7, 11) is 1.89. The van der Waals surface area contributed by atoms with Crippen LogP contribution in [0.3, 0.4) is 0 Å². The van der Waals surface area contributed by atoms with Crippen molar-refractivity contribution in [3.8, 4) is 0 Å². The summed E-state index contributed by atoms with van der Waals surface area (Å²) < 4.78 is 1.01. The van der Waals surface area contributed by atoms with Gasteiger partial charge in [0, 0.05) is 19.0 Å². The summed E-state index contributed by atoms with van der Waals surface area (Å²) >= 11 is 4.94. The van der Waals surface area contributed by atoms with Gasteiger partial charge in [-0.3, -0.25) is 4.79 Å². The zero-order valence-electron chi connectivity index (χ0n) is 9.91. The van der Waals surface area contributed by atoms with E-state index >= 15 is 0 Å². The lowest BCUT2D eigenvalue weighted by Gasteiger charge is -2.27. The maximum atomic E-state index is 12.1. The van der Waals surface area contributed by atoms with Gasteiger partial charge >= 0.3 is 0 Å². The Morgan fingerprint density at radius 1 is 1.71 bits per heavy atom. The van der Waals surface area contributed by atoms with Crippen molar-refractivity contribution >= 4 is 33.2 Å². The first-order valence-corrected chi connectivity index (χ1v) is 7.54. The minimum atomic E-state index is 0.123. The molecule has 0 bridgehead atoms. The van der Waals surface area contributed by atoms with Gasteiger partial charge in [0.25, 0.3) is 5.91 Å². The molecule has 0 spiro atoms. The second kappa shape index (κ2) is 5.98. The van der Waals surface area contributed by atoms with Crippen molar-refractivity contribution < 1.29 is 4.79 Å². The molecule has 2 heterocycles. The summed E-state index contributed by atoms with van der Waals surface area (Å²) in [5, 5.41) is 5.28. The molecule has 1 aromatic rings. The van der Waals surface area contributed by atoms with Crippen LogP contribution in [0.15, 0.2) is 15.2 Å². The van der Waals surface area contributed by atoms with Gasteiger partial charge in [-0.25, -0.2) is 0 Å². The highest BCUT2D eigenvalue weighted by Crippen LogP contribution is 2.22. The van der Waals surface area contributed by atoms with Crippen LogP contribution in [0.1, 0.15) is 23.2 Å². The molecule has 1 unspecified atom stereocenters. The van der Waals surface area contributed by atoms with Gasteiger partial charge in [-0.15, -0.1) is 11.3 Å². The van der Waals surface area contributed by atoms with Crippen LogP contribution in [0.5, 0.6) is 0 Å². The van der Waals surface area contributed by atoms with Crippen LogP contribution in [-0.4, -0.2) is 37.5 Å². The molecule has 1 fully saturated rings. The van der Waals surface area contributed by atoms with Gasteiger partial charge in [-0.1, -0.05) is 0 Å². The lowest BCUT2D eigenvalue weighted by atomic mass is 9.99. The third-order valence-corrected chi connectivity index (χ3v) is 4.60. The van der Waals surface area contributed by atoms with E-state index in [1.165, 1.54) is 12.8 Å². The SMILES string of the molecule is CN(CC1CCCNC1)C(=O)c1csc(Br)c1. The topological polar surface area (TPSA) is 32.3 Å². The maximum absolute atomic E-state index is 12.1. The highest BCUT2D eigenvalue weighted by molar-refractivity contribution is 9.11. The molecule has 1 amide bonds. The van der Waals surface area contributed by atoms with Gasteiger partial charge in [0.05, 0.1) is 9.35 Å². The van der Waals surface area contributed by atoms with E-state index < -0.39 is 0 Å². The molecule has 1 aliphatic rings. The van der Waals surface area contributed by atoms with Crippen molar-refractivity contribution in [3.05, 3.63) is 20.8 Å². The average molecular weight is 317 g/mol. The Bertz CT molecular complexity index is 388. The Hall–Kier alpha value is -0.390. The van der Waals surface area contributed by atoms with Crippen LogP contribution in [0.25, 0.3) is 0 Å². The number of nitrogens with one attached hydrogen (secondary N) is 1. The fourth-order valence-electron chi connectivity index (χ4n) is 2.19. The third-order valence-electron chi connectivity index (χ3n) is 3.09. The first-order chi connectivity index (χ1) is 8.16. The number of hydrogen-bond donors (Lipinski definition) is 1. The van der Waals surface area contributed by atoms with Gasteiger partial charge in [0.15, 0.2) is 0 Å². The van der Waals surface area contributed by atoms with Gasteiger partial charge in [-0.05, 0) is 53.8 Å². The zero-order valence-corrected chi connectivity index (χ0v) is 12.3. The number of halogens is 1. The predicted octanol–water partition coefficient (Wildman–Crippen LogP) is 2.58. The predicted molar refractivity (Wildman–Crippen MR) is 74.6 cm³/mol. The van der Waals surface area contributed by atoms with Crippen molar-refractivity contribution in [2.75, 3.05) is 26.7 Å². The lowest BCUT2D eigenvalue weighted by Crippen LogP contribution is -2.39. The number of hydrogen-bond acceptors (Lipinski definition) is 3. The normalized spacial score (nSPS) is 20.2. The van der Waals surface area contributed by atoms with Crippen LogP contribution in [0, 0.1) is 5.92 Å². The molecule has 1 aliphatic heterocycles. The maximum Gasteiger partial charge on any atom is 0.254 e. The van der Waals surface area contributed by atoms with Crippen molar-refractivity contribution in [2.24, 2.45) is 5.92 Å². The fourth-order valence-corrected chi connectivity index (χ4v) is 3.32. The molecule has 0 saturated carbocycles. The van der Waals surface area contributed by atoms with E-state index in [2.05, 4.69) is 21.2 Å². The van der Waals surface area contributed by atoms with Crippen molar-refractivity contribution in [1.82, 2.24) is 10.2 Å². The van der Waals surface area contributed by atoms with E-state index in [1.807, 2.05) is 23.4 Å². The number of carbonyl (C=O) groups is 1. The summed E-state index contributed by atoms with van der Waals surface area (Å²) in [4.78, 5) is 14.0. The molecule has 94 valence electrons. The highest BCUT2D eigenvalue weighted by atomic mass is 79.9. The zero-order chi connectivity index (χ0) is 12.3. The van der Waals surface area contributed by atoms with E-state index in [1.54, 1.807) is 11.3 Å². The molecule has 5 heteroatoms. The second-order valence-electron chi connectivity index (χ2n) is 4.54. The number of thiophene rings is 1. The Labute approximate surface area is 114 Å². The van der Waals surface area contributed by atoms with Crippen LogP contribution in [0.4, 0.5) is 0 Å². The summed E-state index contributed by atoms with van der Waals surface area (Å²) in [6.45, 7) is 3.00. The third kappa shape index (κ3) is 3.53. The van der Waals surface area contributed by atoms with Gasteiger partial charge in [0.2, 0.25) is 0 Å². The summed E-state index contributed by atoms with van der Waals surface area (Å²) in [5.74, 6) is 0.720. The first kappa shape index (κ1) is 13.1. The fraction of sp³-hybridized carbons (Fsp3) is 0.583. The van der Waals surface area contributed by atoms with E-state index in [0.29, 0.717) is 5.92 Å². The molecular weight excluding hydrogens is 300 g/mol. The molecule has 0 radical (unpaired) electrons. The van der Waals surface area contributed by atoms with E-state index in [4.69, 9.17) is 0 Å². The first-order valence-electron chi connectivity index (χ1n) is 5.87. The molecular formula is C12H17BrN2OS. The summed E-state index contributed by atoms with van der Waals surface area (Å²) in [6, 6.07) is 1.89. The van der Waals surface area contributed by atoms with E-state index in [0.717, 1.165) is 29.0 Å². The number of piperidine rings is 1. The molecule has 3 nitrogen and oxygen atoms in total. The average Bonchev–Trinajstić information content (AvgIpc) is 2.76. The van der Waals surface area contributed by atoms with Gasteiger partial charge in [-0.2, -0.15) is 0 Å². The molecule has 0 aliphatic carbocycles. The summed E-state index contributed by atoms with van der Waals surface area (Å²) in [6.07, 6.45) is 2.44. The highest BCUT2D eigenvalue weighted by Gasteiger charge is 2.19. The Balaban J connectivity index is 1.90. The number of carbonyl (C=O) groups excluding carboxylic acids is 1. The van der Waals surface area contributed by atoms with Crippen LogP contribution in [-0.2, 0) is 0 Å². The van der Waals surface area contributed by atoms with Gasteiger partial charge in [0.1, 0.15) is 0 Å². The van der Waals surface area contributed by atoms with E-state index in [-0.39, 0.29) is 5.91 Å². The minimum absolute atomic E-state index is 0.123. The Morgan fingerprint density at radius 3 is 3.12 bits per heavy atom. The molecule has 0 aromatic carbocycles. The molecule has 2 rings (SSSR count). The quantitative estimate of drug-likeness (QED) is 0.929. The van der Waals surface area contributed by atoms with Crippen molar-refractivity contribution in [3.63, 3.8) is 0 Å².